The molecule has 0 aliphatic carbocycles. The fraction of sp³-hybridized carbons (Fsp3) is 0.533. The highest BCUT2D eigenvalue weighted by Gasteiger charge is 2.26. The van der Waals surface area contributed by atoms with E-state index in [-0.39, 0.29) is 17.4 Å². The molecule has 0 heterocycles. The molecule has 1 atom stereocenters. The van der Waals surface area contributed by atoms with Gasteiger partial charge in [0.1, 0.15) is 0 Å². The maximum Gasteiger partial charge on any atom is 0.225 e. The zero-order valence-corrected chi connectivity index (χ0v) is 12.5. The zero-order chi connectivity index (χ0) is 13.9. The van der Waals surface area contributed by atoms with Crippen LogP contribution in [-0.2, 0) is 4.79 Å². The van der Waals surface area contributed by atoms with Crippen LogP contribution in [0.4, 0.5) is 0 Å². The summed E-state index contributed by atoms with van der Waals surface area (Å²) in [4.78, 5) is 12.1. The van der Waals surface area contributed by atoms with Crippen LogP contribution in [0.5, 0.6) is 0 Å². The number of halogens is 1. The molecule has 0 aromatic heterocycles. The monoisotopic (exact) mass is 267 g/mol. The minimum absolute atomic E-state index is 0.0222. The molecule has 0 saturated heterocycles. The molecule has 1 amide bonds. The molecule has 0 fully saturated rings. The van der Waals surface area contributed by atoms with Gasteiger partial charge in [0, 0.05) is 10.4 Å². The molecule has 0 aliphatic rings. The lowest BCUT2D eigenvalue weighted by atomic mass is 9.91. The first-order valence-corrected chi connectivity index (χ1v) is 6.66. The zero-order valence-electron chi connectivity index (χ0n) is 11.8. The smallest absolute Gasteiger partial charge is 0.225 e. The Morgan fingerprint density at radius 3 is 2.06 bits per heavy atom. The topological polar surface area (TPSA) is 29.1 Å². The Hall–Kier alpha value is -1.02. The van der Waals surface area contributed by atoms with Crippen molar-refractivity contribution in [3.63, 3.8) is 0 Å². The normalized spacial score (nSPS) is 13.5. The Balaban J connectivity index is 2.91. The van der Waals surface area contributed by atoms with Gasteiger partial charge >= 0.3 is 0 Å². The number of amides is 1. The van der Waals surface area contributed by atoms with E-state index in [4.69, 9.17) is 11.6 Å². The molecule has 2 nitrogen and oxygen atoms in total. The summed E-state index contributed by atoms with van der Waals surface area (Å²) in [6, 6.07) is 7.67. The van der Waals surface area contributed by atoms with Gasteiger partial charge in [0.25, 0.3) is 0 Å². The Morgan fingerprint density at radius 1 is 1.17 bits per heavy atom. The predicted octanol–water partition coefficient (Wildman–Crippen LogP) is 4.20. The third-order valence-electron chi connectivity index (χ3n) is 2.86. The molecule has 1 N–H and O–H groups in total. The van der Waals surface area contributed by atoms with Gasteiger partial charge in [0.15, 0.2) is 0 Å². The number of rotatable bonds is 3. The molecule has 0 radical (unpaired) electrons. The van der Waals surface area contributed by atoms with Crippen LogP contribution in [0.3, 0.4) is 0 Å². The minimum atomic E-state index is -0.375. The van der Waals surface area contributed by atoms with E-state index in [2.05, 4.69) is 19.2 Å². The number of carbonyl (C=O) groups is 1. The molecule has 0 aliphatic heterocycles. The van der Waals surface area contributed by atoms with Crippen LogP contribution in [0.25, 0.3) is 0 Å². The Bertz CT molecular complexity index is 403. The molecule has 1 aromatic rings. The fourth-order valence-electron chi connectivity index (χ4n) is 1.66. The van der Waals surface area contributed by atoms with Gasteiger partial charge in [-0.3, -0.25) is 4.79 Å². The van der Waals surface area contributed by atoms with Gasteiger partial charge in [0.2, 0.25) is 5.91 Å². The fourth-order valence-corrected chi connectivity index (χ4v) is 1.79. The summed E-state index contributed by atoms with van der Waals surface area (Å²) in [5.74, 6) is 0.397. The van der Waals surface area contributed by atoms with Gasteiger partial charge in [-0.05, 0) is 23.6 Å². The number of hydrogen-bond acceptors (Lipinski definition) is 1. The van der Waals surface area contributed by atoms with E-state index in [1.807, 2.05) is 45.0 Å². The minimum Gasteiger partial charge on any atom is -0.349 e. The largest absolute Gasteiger partial charge is 0.349 e. The second-order valence-electron chi connectivity index (χ2n) is 6.00. The van der Waals surface area contributed by atoms with Gasteiger partial charge in [-0.25, -0.2) is 0 Å². The lowest BCUT2D eigenvalue weighted by Gasteiger charge is -2.27. The average Bonchev–Trinajstić information content (AvgIpc) is 2.25. The maximum absolute atomic E-state index is 12.1. The van der Waals surface area contributed by atoms with Crippen LogP contribution in [-0.4, -0.2) is 5.91 Å². The van der Waals surface area contributed by atoms with Crippen molar-refractivity contribution in [2.24, 2.45) is 11.3 Å². The summed E-state index contributed by atoms with van der Waals surface area (Å²) in [6.45, 7) is 9.95. The number of hydrogen-bond donors (Lipinski definition) is 1. The van der Waals surface area contributed by atoms with Crippen molar-refractivity contribution in [3.05, 3.63) is 34.9 Å². The molecule has 1 aromatic carbocycles. The van der Waals surface area contributed by atoms with Crippen LogP contribution in [0.1, 0.15) is 46.2 Å². The van der Waals surface area contributed by atoms with Gasteiger partial charge in [-0.2, -0.15) is 0 Å². The van der Waals surface area contributed by atoms with Crippen molar-refractivity contribution in [1.29, 1.82) is 0 Å². The lowest BCUT2D eigenvalue weighted by Crippen LogP contribution is -2.39. The second kappa shape index (κ2) is 5.75. The highest BCUT2D eigenvalue weighted by molar-refractivity contribution is 6.30. The van der Waals surface area contributed by atoms with E-state index in [1.54, 1.807) is 0 Å². The summed E-state index contributed by atoms with van der Waals surface area (Å²) in [7, 11) is 0. The molecule has 0 saturated carbocycles. The number of carbonyl (C=O) groups excluding carboxylic acids is 1. The standard InChI is InChI=1S/C15H22ClNO/c1-10(2)13(17-14(18)15(3,4)5)11-6-8-12(16)9-7-11/h6-10,13H,1-5H3,(H,17,18). The van der Waals surface area contributed by atoms with Gasteiger partial charge in [0.05, 0.1) is 6.04 Å². The quantitative estimate of drug-likeness (QED) is 0.874. The first-order chi connectivity index (χ1) is 8.21. The highest BCUT2D eigenvalue weighted by atomic mass is 35.5. The molecule has 3 heteroatoms. The Kier molecular flexibility index (Phi) is 4.80. The van der Waals surface area contributed by atoms with Crippen molar-refractivity contribution in [2.75, 3.05) is 0 Å². The van der Waals surface area contributed by atoms with Crippen LogP contribution < -0.4 is 5.32 Å². The maximum atomic E-state index is 12.1. The number of nitrogens with one attached hydrogen (secondary N) is 1. The number of benzene rings is 1. The summed E-state index contributed by atoms with van der Waals surface area (Å²) < 4.78 is 0. The van der Waals surface area contributed by atoms with Crippen molar-refractivity contribution in [3.8, 4) is 0 Å². The van der Waals surface area contributed by atoms with E-state index in [1.165, 1.54) is 0 Å². The molecular formula is C15H22ClNO. The van der Waals surface area contributed by atoms with Crippen molar-refractivity contribution >= 4 is 17.5 Å². The second-order valence-corrected chi connectivity index (χ2v) is 6.43. The predicted molar refractivity (Wildman–Crippen MR) is 76.6 cm³/mol. The third-order valence-corrected chi connectivity index (χ3v) is 3.12. The van der Waals surface area contributed by atoms with Crippen molar-refractivity contribution in [1.82, 2.24) is 5.32 Å². The van der Waals surface area contributed by atoms with Crippen molar-refractivity contribution < 1.29 is 4.79 Å². The van der Waals surface area contributed by atoms with E-state index >= 15 is 0 Å². The third kappa shape index (κ3) is 4.02. The summed E-state index contributed by atoms with van der Waals surface area (Å²) in [6.07, 6.45) is 0. The SMILES string of the molecule is CC(C)C(NC(=O)C(C)(C)C)c1ccc(Cl)cc1. The first kappa shape index (κ1) is 15.0. The first-order valence-electron chi connectivity index (χ1n) is 6.28. The van der Waals surface area contributed by atoms with Crippen LogP contribution >= 0.6 is 11.6 Å². The molecule has 100 valence electrons. The summed E-state index contributed by atoms with van der Waals surface area (Å²) in [5, 5.41) is 3.82. The average molecular weight is 268 g/mol. The van der Waals surface area contributed by atoms with Crippen LogP contribution in [0.15, 0.2) is 24.3 Å². The lowest BCUT2D eigenvalue weighted by molar-refractivity contribution is -0.129. The molecule has 1 unspecified atom stereocenters. The van der Waals surface area contributed by atoms with E-state index < -0.39 is 0 Å². The van der Waals surface area contributed by atoms with E-state index in [9.17, 15) is 4.79 Å². The van der Waals surface area contributed by atoms with Crippen LogP contribution in [0, 0.1) is 11.3 Å². The Morgan fingerprint density at radius 2 is 1.67 bits per heavy atom. The van der Waals surface area contributed by atoms with Gasteiger partial charge in [-0.15, -0.1) is 0 Å². The van der Waals surface area contributed by atoms with Gasteiger partial charge < -0.3 is 5.32 Å². The van der Waals surface area contributed by atoms with E-state index in [0.29, 0.717) is 10.9 Å². The van der Waals surface area contributed by atoms with Gasteiger partial charge in [-0.1, -0.05) is 58.4 Å². The summed E-state index contributed by atoms with van der Waals surface area (Å²) >= 11 is 5.89. The van der Waals surface area contributed by atoms with Crippen LogP contribution in [0.2, 0.25) is 5.02 Å². The molecule has 1 rings (SSSR count). The molecular weight excluding hydrogens is 246 g/mol. The highest BCUT2D eigenvalue weighted by Crippen LogP contribution is 2.25. The Labute approximate surface area is 115 Å². The molecule has 0 bridgehead atoms. The van der Waals surface area contributed by atoms with E-state index in [0.717, 1.165) is 5.56 Å². The molecule has 18 heavy (non-hydrogen) atoms. The molecule has 0 spiro atoms. The summed E-state index contributed by atoms with van der Waals surface area (Å²) in [5.41, 5.74) is 0.714. The van der Waals surface area contributed by atoms with Crippen molar-refractivity contribution in [2.45, 2.75) is 40.7 Å².